The Morgan fingerprint density at radius 3 is 1.28 bits per heavy atom. The van der Waals surface area contributed by atoms with Gasteiger partial charge in [0.05, 0.1) is 6.54 Å². The molecule has 1 aliphatic heterocycles. The van der Waals surface area contributed by atoms with E-state index in [1.54, 1.807) is 0 Å². The van der Waals surface area contributed by atoms with Crippen LogP contribution in [0.25, 0.3) is 0 Å². The van der Waals surface area contributed by atoms with Crippen molar-refractivity contribution in [3.8, 4) is 0 Å². The molecule has 1 amide bonds. The Morgan fingerprint density at radius 2 is 0.842 bits per heavy atom. The summed E-state index contributed by atoms with van der Waals surface area (Å²) in [6, 6.07) is 0. The summed E-state index contributed by atoms with van der Waals surface area (Å²) in [5.74, 6) is 0.973. The molecule has 338 valence electrons. The van der Waals surface area contributed by atoms with Gasteiger partial charge in [-0.25, -0.2) is 0 Å². The maximum Gasteiger partial charge on any atom is 0.236 e. The van der Waals surface area contributed by atoms with Gasteiger partial charge in [0, 0.05) is 32.6 Å². The maximum atomic E-state index is 14.1. The van der Waals surface area contributed by atoms with Crippen molar-refractivity contribution in [2.24, 2.45) is 5.92 Å². The van der Waals surface area contributed by atoms with Crippen LogP contribution in [0.4, 0.5) is 0 Å². The van der Waals surface area contributed by atoms with Crippen LogP contribution < -0.4 is 0 Å². The number of amides is 1. The van der Waals surface area contributed by atoms with Crippen LogP contribution in [0.2, 0.25) is 0 Å². The highest BCUT2D eigenvalue weighted by Crippen LogP contribution is 2.21. The minimum Gasteiger partial charge on any atom is -0.341 e. The predicted octanol–water partition coefficient (Wildman–Crippen LogP) is 13.5. The molecule has 0 aliphatic carbocycles. The van der Waals surface area contributed by atoms with Gasteiger partial charge >= 0.3 is 0 Å². The number of carbonyl (C=O) groups is 2. The van der Waals surface area contributed by atoms with Gasteiger partial charge in [-0.05, 0) is 96.6 Å². The first kappa shape index (κ1) is 54.0. The highest BCUT2D eigenvalue weighted by atomic mass is 16.2. The van der Waals surface area contributed by atoms with Gasteiger partial charge in [-0.2, -0.15) is 0 Å². The molecule has 1 unspecified atom stereocenters. The van der Waals surface area contributed by atoms with E-state index >= 15 is 0 Å². The number of likely N-dealkylation sites (tertiary alicyclic amines) is 1. The minimum absolute atomic E-state index is 0.374. The summed E-state index contributed by atoms with van der Waals surface area (Å²) in [7, 11) is 0. The molecule has 6 heteroatoms. The zero-order valence-electron chi connectivity index (χ0n) is 39.4. The number of rotatable bonds is 44. The van der Waals surface area contributed by atoms with E-state index in [-0.39, 0.29) is 0 Å². The lowest BCUT2D eigenvalue weighted by molar-refractivity contribution is -0.134. The lowest BCUT2D eigenvalue weighted by Gasteiger charge is -2.36. The molecule has 1 heterocycles. The second-order valence-electron chi connectivity index (χ2n) is 18.4. The molecule has 1 atom stereocenters. The molecule has 57 heavy (non-hydrogen) atoms. The van der Waals surface area contributed by atoms with Crippen LogP contribution in [-0.4, -0.2) is 104 Å². The van der Waals surface area contributed by atoms with Gasteiger partial charge in [-0.3, -0.25) is 9.69 Å². The molecule has 0 spiro atoms. The lowest BCUT2D eigenvalue weighted by Crippen LogP contribution is -2.47. The topological polar surface area (TPSA) is 47.1 Å². The van der Waals surface area contributed by atoms with Crippen LogP contribution in [0.3, 0.4) is 0 Å². The normalized spacial score (nSPS) is 14.8. The van der Waals surface area contributed by atoms with Crippen LogP contribution in [0, 0.1) is 5.92 Å². The molecule has 6 nitrogen and oxygen atoms in total. The average molecular weight is 803 g/mol. The molecule has 0 bridgehead atoms. The summed E-state index contributed by atoms with van der Waals surface area (Å²) < 4.78 is 0. The number of piperidine rings is 1. The lowest BCUT2D eigenvalue weighted by atomic mass is 9.94. The zero-order valence-corrected chi connectivity index (χ0v) is 39.4. The standard InChI is InChI=1S/C51H102N4O2/c1-5-9-13-17-21-25-29-38-52(41-33-34-47-56)44-37-50-36-35-43-55(48-50)51(57)49-54(42-32-28-24-20-16-12-8-4)46-45-53(39-30-26-22-18-14-10-6-2)40-31-27-23-19-15-11-7-3/h47,50H,5-46,48-49H2,1-4H3. The molecule has 1 rings (SSSR count). The van der Waals surface area contributed by atoms with E-state index in [2.05, 4.69) is 47.3 Å². The van der Waals surface area contributed by atoms with E-state index in [1.807, 2.05) is 0 Å². The summed E-state index contributed by atoms with van der Waals surface area (Å²) in [6.45, 7) is 20.6. The fourth-order valence-corrected chi connectivity index (χ4v) is 8.98. The second kappa shape index (κ2) is 41.7. The Bertz CT molecular complexity index is 837. The van der Waals surface area contributed by atoms with Crippen LogP contribution in [-0.2, 0) is 9.59 Å². The van der Waals surface area contributed by atoms with Gasteiger partial charge in [-0.15, -0.1) is 0 Å². The van der Waals surface area contributed by atoms with Gasteiger partial charge in [0.2, 0.25) is 5.91 Å². The monoisotopic (exact) mass is 803 g/mol. The Kier molecular flexibility index (Phi) is 39.6. The molecule has 0 radical (unpaired) electrons. The third kappa shape index (κ3) is 33.4. The second-order valence-corrected chi connectivity index (χ2v) is 18.4. The molecule has 0 aromatic carbocycles. The minimum atomic E-state index is 0.374. The Labute approximate surface area is 357 Å². The van der Waals surface area contributed by atoms with E-state index in [9.17, 15) is 9.59 Å². The summed E-state index contributed by atoms with van der Waals surface area (Å²) in [6.07, 6.45) is 44.1. The maximum absolute atomic E-state index is 14.1. The van der Waals surface area contributed by atoms with Crippen molar-refractivity contribution >= 4 is 12.2 Å². The number of aldehydes is 1. The van der Waals surface area contributed by atoms with Crippen LogP contribution >= 0.6 is 0 Å². The van der Waals surface area contributed by atoms with Crippen LogP contribution in [0.5, 0.6) is 0 Å². The average Bonchev–Trinajstić information content (AvgIpc) is 3.22. The van der Waals surface area contributed by atoms with Crippen molar-refractivity contribution in [2.45, 2.75) is 240 Å². The Morgan fingerprint density at radius 1 is 0.474 bits per heavy atom. The van der Waals surface area contributed by atoms with E-state index in [0.717, 1.165) is 71.5 Å². The van der Waals surface area contributed by atoms with Gasteiger partial charge in [-0.1, -0.05) is 182 Å². The number of carbonyl (C=O) groups excluding carboxylic acids is 2. The predicted molar refractivity (Wildman–Crippen MR) is 251 cm³/mol. The van der Waals surface area contributed by atoms with Crippen molar-refractivity contribution in [3.05, 3.63) is 0 Å². The quantitative estimate of drug-likeness (QED) is 0.0454. The van der Waals surface area contributed by atoms with Crippen molar-refractivity contribution < 1.29 is 9.59 Å². The van der Waals surface area contributed by atoms with Gasteiger partial charge in [0.1, 0.15) is 6.29 Å². The fraction of sp³-hybridized carbons (Fsp3) is 0.961. The molecule has 1 aliphatic rings. The van der Waals surface area contributed by atoms with Gasteiger partial charge < -0.3 is 19.5 Å². The number of nitrogens with zero attached hydrogens (tertiary/aromatic N) is 4. The van der Waals surface area contributed by atoms with Crippen molar-refractivity contribution in [1.82, 2.24) is 19.6 Å². The molecule has 0 aromatic rings. The SMILES string of the molecule is CCCCCCCCCN(CCCC=O)CCC1CCCN(C(=O)CN(CCCCCCCCC)CCN(CCCCCCCCC)CCCCCCCCC)C1. The highest BCUT2D eigenvalue weighted by Gasteiger charge is 2.25. The molecule has 1 fully saturated rings. The third-order valence-corrected chi connectivity index (χ3v) is 12.9. The van der Waals surface area contributed by atoms with Crippen molar-refractivity contribution in [2.75, 3.05) is 72.0 Å². The first-order valence-corrected chi connectivity index (χ1v) is 26.0. The summed E-state index contributed by atoms with van der Waals surface area (Å²) in [5.41, 5.74) is 0. The van der Waals surface area contributed by atoms with E-state index in [4.69, 9.17) is 0 Å². The molecular formula is C51H102N4O2. The highest BCUT2D eigenvalue weighted by molar-refractivity contribution is 5.78. The first-order chi connectivity index (χ1) is 28.1. The summed E-state index contributed by atoms with van der Waals surface area (Å²) >= 11 is 0. The van der Waals surface area contributed by atoms with Crippen molar-refractivity contribution in [3.63, 3.8) is 0 Å². The third-order valence-electron chi connectivity index (χ3n) is 12.9. The summed E-state index contributed by atoms with van der Waals surface area (Å²) in [4.78, 5) is 35.3. The molecule has 0 aromatic heterocycles. The summed E-state index contributed by atoms with van der Waals surface area (Å²) in [5, 5.41) is 0. The van der Waals surface area contributed by atoms with Crippen molar-refractivity contribution in [1.29, 1.82) is 0 Å². The number of unbranched alkanes of at least 4 members (excludes halogenated alkanes) is 25. The van der Waals surface area contributed by atoms with E-state index in [0.29, 0.717) is 24.8 Å². The smallest absolute Gasteiger partial charge is 0.236 e. The van der Waals surface area contributed by atoms with Gasteiger partial charge in [0.15, 0.2) is 0 Å². The molecular weight excluding hydrogens is 701 g/mol. The van der Waals surface area contributed by atoms with Crippen LogP contribution in [0.15, 0.2) is 0 Å². The Balaban J connectivity index is 2.77. The van der Waals surface area contributed by atoms with Gasteiger partial charge in [0.25, 0.3) is 0 Å². The first-order valence-electron chi connectivity index (χ1n) is 26.0. The van der Waals surface area contributed by atoms with Crippen LogP contribution in [0.1, 0.15) is 240 Å². The molecule has 0 N–H and O–H groups in total. The largest absolute Gasteiger partial charge is 0.341 e. The molecule has 0 saturated carbocycles. The fourth-order valence-electron chi connectivity index (χ4n) is 8.98. The van der Waals surface area contributed by atoms with E-state index < -0.39 is 0 Å². The zero-order chi connectivity index (χ0) is 41.3. The molecule has 1 saturated heterocycles. The number of hydrogen-bond acceptors (Lipinski definition) is 5. The number of hydrogen-bond donors (Lipinski definition) is 0. The van der Waals surface area contributed by atoms with E-state index in [1.165, 1.54) is 206 Å². The Hall–Kier alpha value is -0.980.